The van der Waals surface area contributed by atoms with Crippen molar-refractivity contribution in [1.82, 2.24) is 0 Å². The van der Waals surface area contributed by atoms with E-state index in [0.29, 0.717) is 5.56 Å². The number of hydrogen-bond donors (Lipinski definition) is 0. The molecule has 0 saturated carbocycles. The van der Waals surface area contributed by atoms with Crippen molar-refractivity contribution in [2.45, 2.75) is 25.7 Å². The second-order valence-electron chi connectivity index (χ2n) is 7.58. The lowest BCUT2D eigenvalue weighted by Gasteiger charge is -2.20. The molecule has 4 nitrogen and oxygen atoms in total. The summed E-state index contributed by atoms with van der Waals surface area (Å²) in [5.74, 6) is -0.0269. The molecule has 0 amide bonds. The summed E-state index contributed by atoms with van der Waals surface area (Å²) in [6.07, 6.45) is 5.81. The molecule has 0 atom stereocenters. The smallest absolute Gasteiger partial charge is 0.269 e. The van der Waals surface area contributed by atoms with Gasteiger partial charge in [-0.05, 0) is 69.8 Å². The first-order valence-electron chi connectivity index (χ1n) is 9.86. The van der Waals surface area contributed by atoms with E-state index in [2.05, 4.69) is 42.5 Å². The molecule has 0 bridgehead atoms. The predicted molar refractivity (Wildman–Crippen MR) is 112 cm³/mol. The van der Waals surface area contributed by atoms with E-state index in [1.54, 1.807) is 12.1 Å². The van der Waals surface area contributed by atoms with Gasteiger partial charge >= 0.3 is 0 Å². The van der Waals surface area contributed by atoms with Crippen LogP contribution in [0.3, 0.4) is 0 Å². The van der Waals surface area contributed by atoms with Crippen molar-refractivity contribution >= 4 is 23.1 Å². The minimum Gasteiger partial charge on any atom is -0.289 e. The quantitative estimate of drug-likeness (QED) is 0.396. The van der Waals surface area contributed by atoms with Crippen LogP contribution in [-0.2, 0) is 12.8 Å². The number of nitro benzene ring substituents is 1. The van der Waals surface area contributed by atoms with Crippen molar-refractivity contribution in [3.05, 3.63) is 108 Å². The van der Waals surface area contributed by atoms with Crippen LogP contribution >= 0.6 is 0 Å². The summed E-state index contributed by atoms with van der Waals surface area (Å²) in [6.45, 7) is 0. The molecule has 0 aliphatic heterocycles. The maximum Gasteiger partial charge on any atom is 0.269 e. The fourth-order valence-electron chi connectivity index (χ4n) is 4.60. The number of nitrogens with zero attached hydrogens (tertiary/aromatic N) is 1. The van der Waals surface area contributed by atoms with Crippen LogP contribution < -0.4 is 10.4 Å². The van der Waals surface area contributed by atoms with Crippen molar-refractivity contribution < 1.29 is 9.72 Å². The van der Waals surface area contributed by atoms with Gasteiger partial charge in [0.1, 0.15) is 0 Å². The zero-order chi connectivity index (χ0) is 20.0. The first-order valence-corrected chi connectivity index (χ1v) is 9.86. The minimum absolute atomic E-state index is 0.00105. The minimum atomic E-state index is -0.446. The number of carbonyl (C=O) groups excluding carboxylic acids is 1. The van der Waals surface area contributed by atoms with Crippen LogP contribution in [0, 0.1) is 20.6 Å². The van der Waals surface area contributed by atoms with E-state index in [0.717, 1.165) is 36.5 Å². The van der Waals surface area contributed by atoms with Gasteiger partial charge in [0.25, 0.3) is 5.69 Å². The van der Waals surface area contributed by atoms with E-state index in [-0.39, 0.29) is 11.5 Å². The zero-order valence-corrected chi connectivity index (χ0v) is 15.9. The van der Waals surface area contributed by atoms with Gasteiger partial charge in [0.15, 0.2) is 5.78 Å². The maximum absolute atomic E-state index is 13.2. The van der Waals surface area contributed by atoms with Crippen LogP contribution in [0.2, 0.25) is 0 Å². The zero-order valence-electron chi connectivity index (χ0n) is 15.9. The Balaban J connectivity index is 1.70. The van der Waals surface area contributed by atoms with Crippen molar-refractivity contribution in [3.63, 3.8) is 0 Å². The third-order valence-electron chi connectivity index (χ3n) is 6.00. The van der Waals surface area contributed by atoms with Crippen molar-refractivity contribution in [2.24, 2.45) is 0 Å². The second-order valence-corrected chi connectivity index (χ2v) is 7.58. The molecule has 4 heteroatoms. The molecule has 5 rings (SSSR count). The summed E-state index contributed by atoms with van der Waals surface area (Å²) in [5, 5.41) is 15.7. The number of benzene rings is 3. The molecule has 2 aliphatic rings. The molecule has 0 N–H and O–H groups in total. The molecule has 0 saturated heterocycles. The standard InChI is InChI=1S/C25H19NO3/c27-25(17-8-11-18(12-9-17)26(28)29)24-7-3-6-20-22-13-10-16-4-1-2-5-19(16)21(22)14-15-23(20)24/h1-2,4-5,8-12,14-15H,3,6-7,13H2. The Bertz CT molecular complexity index is 1390. The molecule has 142 valence electrons. The molecular formula is C25H19NO3. The second kappa shape index (κ2) is 6.82. The van der Waals surface area contributed by atoms with Gasteiger partial charge in [-0.3, -0.25) is 14.9 Å². The Morgan fingerprint density at radius 3 is 2.38 bits per heavy atom. The van der Waals surface area contributed by atoms with E-state index in [1.165, 1.54) is 38.9 Å². The third kappa shape index (κ3) is 2.88. The summed E-state index contributed by atoms with van der Waals surface area (Å²) in [6, 6.07) is 18.6. The fourth-order valence-corrected chi connectivity index (χ4v) is 4.60. The summed E-state index contributed by atoms with van der Waals surface area (Å²) < 4.78 is 0. The van der Waals surface area contributed by atoms with E-state index < -0.39 is 4.92 Å². The van der Waals surface area contributed by atoms with E-state index in [1.807, 2.05) is 0 Å². The Kier molecular flexibility index (Phi) is 4.13. The first kappa shape index (κ1) is 17.6. The molecule has 0 spiro atoms. The van der Waals surface area contributed by atoms with Gasteiger partial charge in [0.05, 0.1) is 4.92 Å². The Morgan fingerprint density at radius 1 is 0.828 bits per heavy atom. The van der Waals surface area contributed by atoms with Gasteiger partial charge in [-0.2, -0.15) is 0 Å². The first-order chi connectivity index (χ1) is 14.1. The number of carbonyl (C=O) groups is 1. The molecule has 0 fully saturated rings. The molecule has 3 aromatic carbocycles. The van der Waals surface area contributed by atoms with E-state index in [4.69, 9.17) is 0 Å². The molecule has 2 aliphatic carbocycles. The molecule has 0 heterocycles. The lowest BCUT2D eigenvalue weighted by Crippen LogP contribution is -2.25. The molecule has 0 aromatic heterocycles. The average Bonchev–Trinajstić information content (AvgIpc) is 2.77. The van der Waals surface area contributed by atoms with Gasteiger partial charge in [-0.25, -0.2) is 0 Å². The maximum atomic E-state index is 13.2. The topological polar surface area (TPSA) is 60.2 Å². The molecule has 0 unspecified atom stereocenters. The number of hydrogen-bond acceptors (Lipinski definition) is 3. The van der Waals surface area contributed by atoms with Crippen LogP contribution in [0.1, 0.15) is 34.3 Å². The van der Waals surface area contributed by atoms with Gasteiger partial charge in [0, 0.05) is 23.3 Å². The lowest BCUT2D eigenvalue weighted by molar-refractivity contribution is -0.384. The van der Waals surface area contributed by atoms with Crippen LogP contribution in [0.4, 0.5) is 5.69 Å². The van der Waals surface area contributed by atoms with Crippen molar-refractivity contribution in [2.75, 3.05) is 0 Å². The highest BCUT2D eigenvalue weighted by atomic mass is 16.6. The highest BCUT2D eigenvalue weighted by Crippen LogP contribution is 2.24. The number of fused-ring (bicyclic) bond motifs is 4. The summed E-state index contributed by atoms with van der Waals surface area (Å²) in [4.78, 5) is 23.6. The average molecular weight is 381 g/mol. The highest BCUT2D eigenvalue weighted by Gasteiger charge is 2.21. The number of ketones is 1. The van der Waals surface area contributed by atoms with Crippen LogP contribution in [0.5, 0.6) is 0 Å². The van der Waals surface area contributed by atoms with Crippen LogP contribution in [0.15, 0.2) is 60.7 Å². The number of non-ortho nitro benzene ring substituents is 1. The number of nitro groups is 1. The predicted octanol–water partition coefficient (Wildman–Crippen LogP) is 3.59. The normalized spacial score (nSPS) is 14.3. The van der Waals surface area contributed by atoms with Crippen molar-refractivity contribution in [3.8, 4) is 0 Å². The molecule has 29 heavy (non-hydrogen) atoms. The Hall–Kier alpha value is -3.53. The van der Waals surface area contributed by atoms with E-state index >= 15 is 0 Å². The van der Waals surface area contributed by atoms with Gasteiger partial charge in [0.2, 0.25) is 0 Å². The number of Topliss-reactive ketones (excluding diaryl/α,β-unsaturated/α-hetero) is 1. The summed E-state index contributed by atoms with van der Waals surface area (Å²) >= 11 is 0. The third-order valence-corrected chi connectivity index (χ3v) is 6.00. The Labute approximate surface area is 167 Å². The fraction of sp³-hybridized carbons (Fsp3) is 0.160. The lowest BCUT2D eigenvalue weighted by atomic mass is 9.84. The molecule has 0 radical (unpaired) electrons. The summed E-state index contributed by atoms with van der Waals surface area (Å²) in [7, 11) is 0. The largest absolute Gasteiger partial charge is 0.289 e. The van der Waals surface area contributed by atoms with Gasteiger partial charge < -0.3 is 0 Å². The number of rotatable bonds is 3. The Morgan fingerprint density at radius 2 is 1.59 bits per heavy atom. The summed E-state index contributed by atoms with van der Waals surface area (Å²) in [5.41, 5.74) is 3.94. The molecular weight excluding hydrogens is 362 g/mol. The van der Waals surface area contributed by atoms with Gasteiger partial charge in [-0.15, -0.1) is 0 Å². The van der Waals surface area contributed by atoms with E-state index in [9.17, 15) is 14.9 Å². The van der Waals surface area contributed by atoms with Gasteiger partial charge in [-0.1, -0.05) is 42.5 Å². The van der Waals surface area contributed by atoms with Crippen LogP contribution in [-0.4, -0.2) is 10.7 Å². The molecule has 3 aromatic rings. The monoisotopic (exact) mass is 381 g/mol. The highest BCUT2D eigenvalue weighted by molar-refractivity contribution is 6.24. The van der Waals surface area contributed by atoms with Crippen molar-refractivity contribution in [1.29, 1.82) is 0 Å². The SMILES string of the molecule is O=C(C1=c2ccc3c(c2CCC1)CC=c1ccccc1=3)c1ccc([N+](=O)[O-])cc1. The van der Waals surface area contributed by atoms with Crippen LogP contribution in [0.25, 0.3) is 11.6 Å².